The summed E-state index contributed by atoms with van der Waals surface area (Å²) in [5.74, 6) is 2.11. The highest BCUT2D eigenvalue weighted by molar-refractivity contribution is 14.0. The van der Waals surface area contributed by atoms with Crippen LogP contribution in [0.15, 0.2) is 29.3 Å². The van der Waals surface area contributed by atoms with E-state index in [4.69, 9.17) is 9.47 Å². The molecule has 8 heteroatoms. The lowest BCUT2D eigenvalue weighted by Gasteiger charge is -2.27. The molecule has 1 atom stereocenters. The number of guanidine groups is 1. The van der Waals surface area contributed by atoms with Crippen LogP contribution in [-0.2, 0) is 4.79 Å². The Balaban J connectivity index is 0.00000280. The van der Waals surface area contributed by atoms with Crippen LogP contribution in [0.5, 0.6) is 11.5 Å². The van der Waals surface area contributed by atoms with Crippen LogP contribution < -0.4 is 25.4 Å². The average molecular weight is 502 g/mol. The van der Waals surface area contributed by atoms with Crippen molar-refractivity contribution in [2.75, 3.05) is 26.2 Å². The van der Waals surface area contributed by atoms with Gasteiger partial charge in [-0.3, -0.25) is 4.79 Å². The van der Waals surface area contributed by atoms with Gasteiger partial charge >= 0.3 is 0 Å². The van der Waals surface area contributed by atoms with Crippen molar-refractivity contribution >= 4 is 35.8 Å². The maximum Gasteiger partial charge on any atom is 0.242 e. The molecule has 2 aliphatic rings. The molecule has 1 aliphatic carbocycles. The molecule has 1 fully saturated rings. The molecule has 1 amide bonds. The van der Waals surface area contributed by atoms with Crippen LogP contribution in [0.1, 0.15) is 39.0 Å². The number of ether oxygens (including phenoxy) is 2. The largest absolute Gasteiger partial charge is 0.486 e. The average Bonchev–Trinajstić information content (AvgIpc) is 2.70. The SMILES string of the molecule is CCNC(=NCC(=O)NC1CCCCC1)NCC1COc2ccccc2O1.I. The van der Waals surface area contributed by atoms with Gasteiger partial charge < -0.3 is 25.4 Å². The Hall–Kier alpha value is -1.71. The summed E-state index contributed by atoms with van der Waals surface area (Å²) in [6.07, 6.45) is 5.72. The Morgan fingerprint density at radius 2 is 1.89 bits per heavy atom. The number of carbonyl (C=O) groups excluding carboxylic acids is 1. The highest BCUT2D eigenvalue weighted by Gasteiger charge is 2.21. The Kier molecular flexibility index (Phi) is 9.66. The highest BCUT2D eigenvalue weighted by Crippen LogP contribution is 2.30. The zero-order valence-corrected chi connectivity index (χ0v) is 18.7. The molecule has 28 heavy (non-hydrogen) atoms. The van der Waals surface area contributed by atoms with Gasteiger partial charge in [-0.15, -0.1) is 24.0 Å². The lowest BCUT2D eigenvalue weighted by atomic mass is 9.95. The van der Waals surface area contributed by atoms with Crippen molar-refractivity contribution in [1.82, 2.24) is 16.0 Å². The minimum atomic E-state index is -0.111. The molecule has 156 valence electrons. The van der Waals surface area contributed by atoms with E-state index in [1.165, 1.54) is 19.3 Å². The molecule has 3 N–H and O–H groups in total. The monoisotopic (exact) mass is 502 g/mol. The fourth-order valence-corrected chi connectivity index (χ4v) is 3.39. The molecular weight excluding hydrogens is 471 g/mol. The second-order valence-corrected chi connectivity index (χ2v) is 6.98. The standard InChI is InChI=1S/C20H30N4O3.HI/c1-2-21-20(23-13-19(25)24-15-8-4-3-5-9-15)22-12-16-14-26-17-10-6-7-11-18(17)27-16;/h6-7,10-11,15-16H,2-5,8-9,12-14H2,1H3,(H,24,25)(H2,21,22,23);1H. The molecule has 0 bridgehead atoms. The second kappa shape index (κ2) is 12.0. The Labute approximate surface area is 184 Å². The molecule has 1 aromatic carbocycles. The maximum atomic E-state index is 12.1. The number of hydrogen-bond donors (Lipinski definition) is 3. The van der Waals surface area contributed by atoms with E-state index in [1.807, 2.05) is 31.2 Å². The van der Waals surface area contributed by atoms with Crippen molar-refractivity contribution in [2.24, 2.45) is 4.99 Å². The van der Waals surface area contributed by atoms with Crippen LogP contribution in [0.3, 0.4) is 0 Å². The molecule has 7 nitrogen and oxygen atoms in total. The lowest BCUT2D eigenvalue weighted by molar-refractivity contribution is -0.120. The lowest BCUT2D eigenvalue weighted by Crippen LogP contribution is -2.46. The summed E-state index contributed by atoms with van der Waals surface area (Å²) in [5, 5.41) is 9.48. The Bertz CT molecular complexity index is 650. The minimum absolute atomic E-state index is 0. The molecule has 1 saturated carbocycles. The number of hydrogen-bond acceptors (Lipinski definition) is 4. The predicted octanol–water partition coefficient (Wildman–Crippen LogP) is 2.45. The van der Waals surface area contributed by atoms with E-state index in [0.29, 0.717) is 25.2 Å². The van der Waals surface area contributed by atoms with Crippen LogP contribution in [0, 0.1) is 0 Å². The third-order valence-corrected chi connectivity index (χ3v) is 4.76. The molecule has 1 aliphatic heterocycles. The van der Waals surface area contributed by atoms with E-state index >= 15 is 0 Å². The van der Waals surface area contributed by atoms with Crippen molar-refractivity contribution in [3.05, 3.63) is 24.3 Å². The summed E-state index contributed by atoms with van der Waals surface area (Å²) in [5.41, 5.74) is 0. The van der Waals surface area contributed by atoms with Gasteiger partial charge in [0.25, 0.3) is 0 Å². The third-order valence-electron chi connectivity index (χ3n) is 4.76. The van der Waals surface area contributed by atoms with Gasteiger partial charge in [0.15, 0.2) is 17.5 Å². The van der Waals surface area contributed by atoms with Crippen LogP contribution >= 0.6 is 24.0 Å². The second-order valence-electron chi connectivity index (χ2n) is 6.98. The first kappa shape index (κ1) is 22.6. The van der Waals surface area contributed by atoms with Gasteiger partial charge in [0.2, 0.25) is 5.91 Å². The van der Waals surface area contributed by atoms with E-state index < -0.39 is 0 Å². The number of carbonyl (C=O) groups is 1. The van der Waals surface area contributed by atoms with E-state index in [0.717, 1.165) is 30.9 Å². The number of halogens is 1. The summed E-state index contributed by atoms with van der Waals surface area (Å²) in [7, 11) is 0. The quantitative estimate of drug-likeness (QED) is 0.316. The topological polar surface area (TPSA) is 84.0 Å². The zero-order valence-electron chi connectivity index (χ0n) is 16.4. The summed E-state index contributed by atoms with van der Waals surface area (Å²) >= 11 is 0. The number of amides is 1. The number of benzene rings is 1. The number of nitrogens with zero attached hydrogens (tertiary/aromatic N) is 1. The van der Waals surface area contributed by atoms with E-state index in [-0.39, 0.29) is 42.5 Å². The van der Waals surface area contributed by atoms with Crippen molar-refractivity contribution in [1.29, 1.82) is 0 Å². The van der Waals surface area contributed by atoms with Crippen molar-refractivity contribution < 1.29 is 14.3 Å². The first-order chi connectivity index (χ1) is 13.2. The third kappa shape index (κ3) is 7.03. The van der Waals surface area contributed by atoms with Gasteiger partial charge in [0, 0.05) is 12.6 Å². The van der Waals surface area contributed by atoms with E-state index in [9.17, 15) is 4.79 Å². The van der Waals surface area contributed by atoms with Gasteiger partial charge in [-0.1, -0.05) is 31.4 Å². The first-order valence-corrected chi connectivity index (χ1v) is 9.94. The summed E-state index contributed by atoms with van der Waals surface area (Å²) < 4.78 is 11.7. The van der Waals surface area contributed by atoms with Crippen LogP contribution in [0.2, 0.25) is 0 Å². The molecule has 1 heterocycles. The number of fused-ring (bicyclic) bond motifs is 1. The molecule has 0 aromatic heterocycles. The van der Waals surface area contributed by atoms with Crippen LogP contribution in [-0.4, -0.2) is 50.3 Å². The molecule has 0 radical (unpaired) electrons. The zero-order chi connectivity index (χ0) is 18.9. The molecule has 0 spiro atoms. The Morgan fingerprint density at radius 3 is 2.64 bits per heavy atom. The van der Waals surface area contributed by atoms with Crippen molar-refractivity contribution in [2.45, 2.75) is 51.2 Å². The molecule has 0 saturated heterocycles. The first-order valence-electron chi connectivity index (χ1n) is 9.94. The van der Waals surface area contributed by atoms with Crippen LogP contribution in [0.4, 0.5) is 0 Å². The fraction of sp³-hybridized carbons (Fsp3) is 0.600. The molecule has 1 aromatic rings. The van der Waals surface area contributed by atoms with Gasteiger partial charge in [-0.05, 0) is 31.9 Å². The van der Waals surface area contributed by atoms with Gasteiger partial charge in [0.1, 0.15) is 19.3 Å². The smallest absolute Gasteiger partial charge is 0.242 e. The van der Waals surface area contributed by atoms with Gasteiger partial charge in [0.05, 0.1) is 6.54 Å². The number of para-hydroxylation sites is 2. The number of nitrogens with one attached hydrogen (secondary N) is 3. The van der Waals surface area contributed by atoms with E-state index in [1.54, 1.807) is 0 Å². The van der Waals surface area contributed by atoms with Crippen LogP contribution in [0.25, 0.3) is 0 Å². The van der Waals surface area contributed by atoms with Crippen molar-refractivity contribution in [3.63, 3.8) is 0 Å². The predicted molar refractivity (Wildman–Crippen MR) is 121 cm³/mol. The molecule has 1 unspecified atom stereocenters. The van der Waals surface area contributed by atoms with Gasteiger partial charge in [-0.2, -0.15) is 0 Å². The maximum absolute atomic E-state index is 12.1. The normalized spacial score (nSPS) is 19.3. The fourth-order valence-electron chi connectivity index (χ4n) is 3.39. The van der Waals surface area contributed by atoms with E-state index in [2.05, 4.69) is 20.9 Å². The number of rotatable bonds is 6. The highest BCUT2D eigenvalue weighted by atomic mass is 127. The molecular formula is C20H31IN4O3. The number of aliphatic imine (C=N–C) groups is 1. The Morgan fingerprint density at radius 1 is 1.14 bits per heavy atom. The van der Waals surface area contributed by atoms with Crippen molar-refractivity contribution in [3.8, 4) is 11.5 Å². The molecule has 3 rings (SSSR count). The minimum Gasteiger partial charge on any atom is -0.486 e. The van der Waals surface area contributed by atoms with Gasteiger partial charge in [-0.25, -0.2) is 4.99 Å². The summed E-state index contributed by atoms with van der Waals surface area (Å²) in [4.78, 5) is 16.5. The summed E-state index contributed by atoms with van der Waals surface area (Å²) in [6.45, 7) is 3.86. The summed E-state index contributed by atoms with van der Waals surface area (Å²) in [6, 6.07) is 7.96.